The first-order chi connectivity index (χ1) is 11.7. The van der Waals surface area contributed by atoms with Gasteiger partial charge in [-0.3, -0.25) is 0 Å². The molecule has 3 rings (SSSR count). The lowest BCUT2D eigenvalue weighted by molar-refractivity contribution is 1.03. The summed E-state index contributed by atoms with van der Waals surface area (Å²) in [6.45, 7) is 5.67. The zero-order chi connectivity index (χ0) is 16.8. The highest BCUT2D eigenvalue weighted by atomic mass is 15.1. The monoisotopic (exact) mass is 318 g/mol. The first-order valence-electron chi connectivity index (χ1n) is 8.11. The summed E-state index contributed by atoms with van der Waals surface area (Å²) in [4.78, 5) is 8.81. The summed E-state index contributed by atoms with van der Waals surface area (Å²) in [5.41, 5.74) is 5.01. The molecule has 0 radical (unpaired) electrons. The molecule has 2 N–H and O–H groups in total. The van der Waals surface area contributed by atoms with Crippen molar-refractivity contribution in [2.45, 2.75) is 26.9 Å². The van der Waals surface area contributed by atoms with Crippen molar-refractivity contribution in [2.75, 3.05) is 10.6 Å². The van der Waals surface area contributed by atoms with Gasteiger partial charge in [-0.15, -0.1) is 0 Å². The molecule has 0 atom stereocenters. The molecule has 0 spiro atoms. The van der Waals surface area contributed by atoms with Crippen molar-refractivity contribution in [2.24, 2.45) is 0 Å². The van der Waals surface area contributed by atoms with Crippen LogP contribution in [0.15, 0.2) is 60.8 Å². The Bertz CT molecular complexity index is 814. The first-order valence-corrected chi connectivity index (χ1v) is 8.11. The second-order valence-electron chi connectivity index (χ2n) is 5.89. The van der Waals surface area contributed by atoms with Crippen LogP contribution in [0.5, 0.6) is 0 Å². The van der Waals surface area contributed by atoms with E-state index in [0.717, 1.165) is 12.4 Å². The van der Waals surface area contributed by atoms with Gasteiger partial charge in [0.15, 0.2) is 0 Å². The van der Waals surface area contributed by atoms with E-state index in [0.29, 0.717) is 12.5 Å². The fourth-order valence-electron chi connectivity index (χ4n) is 2.54. The molecule has 0 aliphatic heterocycles. The summed E-state index contributed by atoms with van der Waals surface area (Å²) in [5.74, 6) is 1.45. The van der Waals surface area contributed by atoms with Crippen LogP contribution >= 0.6 is 0 Å². The molecule has 1 aromatic heterocycles. The van der Waals surface area contributed by atoms with Gasteiger partial charge in [-0.1, -0.05) is 54.1 Å². The number of nitrogens with zero attached hydrogens (tertiary/aromatic N) is 2. The zero-order valence-electron chi connectivity index (χ0n) is 14.1. The van der Waals surface area contributed by atoms with Crippen LogP contribution in [-0.4, -0.2) is 9.97 Å². The summed E-state index contributed by atoms with van der Waals surface area (Å²) >= 11 is 0. The topological polar surface area (TPSA) is 49.8 Å². The maximum Gasteiger partial charge on any atom is 0.224 e. The Labute approximate surface area is 143 Å². The van der Waals surface area contributed by atoms with Gasteiger partial charge in [-0.2, -0.15) is 4.98 Å². The van der Waals surface area contributed by atoms with Crippen LogP contribution in [0.2, 0.25) is 0 Å². The number of benzene rings is 2. The Hall–Kier alpha value is -2.88. The van der Waals surface area contributed by atoms with Crippen LogP contribution in [0.25, 0.3) is 0 Å². The molecule has 4 heteroatoms. The van der Waals surface area contributed by atoms with Gasteiger partial charge < -0.3 is 10.6 Å². The lowest BCUT2D eigenvalue weighted by Crippen LogP contribution is -2.07. The van der Waals surface area contributed by atoms with Gasteiger partial charge >= 0.3 is 0 Å². The molecule has 4 nitrogen and oxygen atoms in total. The second-order valence-corrected chi connectivity index (χ2v) is 5.89. The van der Waals surface area contributed by atoms with Crippen molar-refractivity contribution in [1.29, 1.82) is 0 Å². The van der Waals surface area contributed by atoms with E-state index < -0.39 is 0 Å². The lowest BCUT2D eigenvalue weighted by Gasteiger charge is -2.10. The maximum absolute atomic E-state index is 4.52. The number of nitrogens with one attached hydrogen (secondary N) is 2. The van der Waals surface area contributed by atoms with E-state index in [4.69, 9.17) is 0 Å². The molecule has 0 bridgehead atoms. The predicted molar refractivity (Wildman–Crippen MR) is 99.0 cm³/mol. The Morgan fingerprint density at radius 3 is 2.58 bits per heavy atom. The van der Waals surface area contributed by atoms with E-state index in [1.54, 1.807) is 6.20 Å². The fourth-order valence-corrected chi connectivity index (χ4v) is 2.54. The molecule has 0 aliphatic rings. The van der Waals surface area contributed by atoms with Gasteiger partial charge in [0, 0.05) is 19.3 Å². The standard InChI is InChI=1S/C20H22N4/c1-15-6-5-8-17(12-15)13-22-19-10-11-21-20(24-19)23-14-18-9-4-3-7-16(18)2/h3-12H,13-14H2,1-2H3,(H2,21,22,23,24). The zero-order valence-corrected chi connectivity index (χ0v) is 14.1. The SMILES string of the molecule is Cc1cccc(CNc2ccnc(NCc3ccccc3C)n2)c1. The van der Waals surface area contributed by atoms with Gasteiger partial charge in [0.1, 0.15) is 5.82 Å². The molecule has 2 aromatic carbocycles. The smallest absolute Gasteiger partial charge is 0.224 e. The van der Waals surface area contributed by atoms with Gasteiger partial charge in [-0.05, 0) is 36.6 Å². The molecular weight excluding hydrogens is 296 g/mol. The van der Waals surface area contributed by atoms with Crippen LogP contribution in [0.1, 0.15) is 22.3 Å². The number of hydrogen-bond donors (Lipinski definition) is 2. The number of rotatable bonds is 6. The third-order valence-electron chi connectivity index (χ3n) is 3.91. The molecular formula is C20H22N4. The van der Waals surface area contributed by atoms with Crippen molar-refractivity contribution in [3.63, 3.8) is 0 Å². The van der Waals surface area contributed by atoms with E-state index in [1.165, 1.54) is 22.3 Å². The molecule has 0 fully saturated rings. The molecule has 3 aromatic rings. The van der Waals surface area contributed by atoms with Crippen LogP contribution in [0, 0.1) is 13.8 Å². The Morgan fingerprint density at radius 2 is 1.75 bits per heavy atom. The fraction of sp³-hybridized carbons (Fsp3) is 0.200. The van der Waals surface area contributed by atoms with Gasteiger partial charge in [-0.25, -0.2) is 4.98 Å². The Balaban J connectivity index is 1.60. The average Bonchev–Trinajstić information content (AvgIpc) is 2.60. The minimum Gasteiger partial charge on any atom is -0.366 e. The van der Waals surface area contributed by atoms with Crippen LogP contribution in [-0.2, 0) is 13.1 Å². The number of aromatic nitrogens is 2. The molecule has 0 saturated carbocycles. The summed E-state index contributed by atoms with van der Waals surface area (Å²) in [7, 11) is 0. The molecule has 122 valence electrons. The van der Waals surface area contributed by atoms with E-state index in [-0.39, 0.29) is 0 Å². The van der Waals surface area contributed by atoms with E-state index in [2.05, 4.69) is 70.8 Å². The van der Waals surface area contributed by atoms with Crippen molar-refractivity contribution in [3.05, 3.63) is 83.0 Å². The first kappa shape index (κ1) is 16.0. The Kier molecular flexibility index (Phi) is 5.06. The van der Waals surface area contributed by atoms with Crippen molar-refractivity contribution in [1.82, 2.24) is 9.97 Å². The lowest BCUT2D eigenvalue weighted by atomic mass is 10.1. The highest BCUT2D eigenvalue weighted by Gasteiger charge is 2.01. The largest absolute Gasteiger partial charge is 0.366 e. The van der Waals surface area contributed by atoms with E-state index in [9.17, 15) is 0 Å². The van der Waals surface area contributed by atoms with E-state index >= 15 is 0 Å². The molecule has 0 saturated heterocycles. The number of aryl methyl sites for hydroxylation is 2. The van der Waals surface area contributed by atoms with Crippen molar-refractivity contribution >= 4 is 11.8 Å². The summed E-state index contributed by atoms with van der Waals surface area (Å²) in [6.07, 6.45) is 1.77. The molecule has 24 heavy (non-hydrogen) atoms. The average molecular weight is 318 g/mol. The van der Waals surface area contributed by atoms with E-state index in [1.807, 2.05) is 18.2 Å². The summed E-state index contributed by atoms with van der Waals surface area (Å²) in [6, 6.07) is 18.7. The maximum atomic E-state index is 4.52. The minimum atomic E-state index is 0.632. The summed E-state index contributed by atoms with van der Waals surface area (Å²) in [5, 5.41) is 6.63. The molecule has 0 unspecified atom stereocenters. The normalized spacial score (nSPS) is 10.4. The van der Waals surface area contributed by atoms with Gasteiger partial charge in [0.05, 0.1) is 0 Å². The molecule has 0 aliphatic carbocycles. The quantitative estimate of drug-likeness (QED) is 0.711. The van der Waals surface area contributed by atoms with Gasteiger partial charge in [0.25, 0.3) is 0 Å². The van der Waals surface area contributed by atoms with Crippen LogP contribution < -0.4 is 10.6 Å². The van der Waals surface area contributed by atoms with Crippen molar-refractivity contribution < 1.29 is 0 Å². The third-order valence-corrected chi connectivity index (χ3v) is 3.91. The minimum absolute atomic E-state index is 0.632. The molecule has 1 heterocycles. The molecule has 0 amide bonds. The number of hydrogen-bond acceptors (Lipinski definition) is 4. The van der Waals surface area contributed by atoms with Crippen LogP contribution in [0.3, 0.4) is 0 Å². The van der Waals surface area contributed by atoms with Crippen molar-refractivity contribution in [3.8, 4) is 0 Å². The summed E-state index contributed by atoms with van der Waals surface area (Å²) < 4.78 is 0. The second kappa shape index (κ2) is 7.59. The number of anilines is 2. The highest BCUT2D eigenvalue weighted by molar-refractivity contribution is 5.41. The van der Waals surface area contributed by atoms with Gasteiger partial charge in [0.2, 0.25) is 5.95 Å². The highest BCUT2D eigenvalue weighted by Crippen LogP contribution is 2.12. The van der Waals surface area contributed by atoms with Crippen LogP contribution in [0.4, 0.5) is 11.8 Å². The Morgan fingerprint density at radius 1 is 0.875 bits per heavy atom. The predicted octanol–water partition coefficient (Wildman–Crippen LogP) is 4.32. The third kappa shape index (κ3) is 4.32.